The van der Waals surface area contributed by atoms with Crippen LogP contribution in [0.3, 0.4) is 0 Å². The van der Waals surface area contributed by atoms with Gasteiger partial charge in [0.15, 0.2) is 0 Å². The van der Waals surface area contributed by atoms with Gasteiger partial charge in [-0.15, -0.1) is 38.5 Å². The van der Waals surface area contributed by atoms with E-state index in [0.717, 1.165) is 122 Å². The van der Waals surface area contributed by atoms with E-state index in [2.05, 4.69) is 264 Å². The Bertz CT molecular complexity index is 5050. The zero-order valence-corrected chi connectivity index (χ0v) is 47.9. The van der Waals surface area contributed by atoms with Crippen LogP contribution >= 0.6 is 0 Å². The van der Waals surface area contributed by atoms with Crippen LogP contribution in [0.5, 0.6) is 0 Å². The summed E-state index contributed by atoms with van der Waals surface area (Å²) < 4.78 is 0. The van der Waals surface area contributed by atoms with Crippen LogP contribution in [0.1, 0.15) is 33.4 Å². The minimum atomic E-state index is 0.631. The van der Waals surface area contributed by atoms with Gasteiger partial charge < -0.3 is 9.80 Å². The van der Waals surface area contributed by atoms with Crippen LogP contribution in [0.4, 0.5) is 34.1 Å². The van der Waals surface area contributed by atoms with E-state index >= 15 is 0 Å². The van der Waals surface area contributed by atoms with Crippen molar-refractivity contribution in [3.8, 4) is 141 Å². The molecule has 0 aromatic heterocycles. The highest BCUT2D eigenvalue weighted by atomic mass is 15.1. The van der Waals surface area contributed by atoms with Crippen LogP contribution in [0, 0.1) is 74.1 Å². The first-order chi connectivity index (χ1) is 43.4. The fourth-order valence-electron chi connectivity index (χ4n) is 12.1. The molecule has 13 aromatic carbocycles. The summed E-state index contributed by atoms with van der Waals surface area (Å²) in [5.41, 5.74) is 21.5. The number of hydrogen-bond acceptors (Lipinski definition) is 2. The molecule has 0 fully saturated rings. The van der Waals surface area contributed by atoms with Gasteiger partial charge in [-0.3, -0.25) is 0 Å². The lowest BCUT2D eigenvalue weighted by Crippen LogP contribution is -2.10. The summed E-state index contributed by atoms with van der Waals surface area (Å²) in [4.78, 5) is 4.62. The number of terminal acetylenes is 6. The molecule has 0 unspecified atom stereocenters. The molecule has 0 aliphatic heterocycles. The molecule has 0 N–H and O–H groups in total. The molecule has 0 amide bonds. The van der Waals surface area contributed by atoms with Gasteiger partial charge in [-0.25, -0.2) is 0 Å². The average molecular weight is 1110 g/mol. The van der Waals surface area contributed by atoms with E-state index in [-0.39, 0.29) is 0 Å². The van der Waals surface area contributed by atoms with E-state index in [1.165, 1.54) is 0 Å². The number of anilines is 6. The Morgan fingerprint density at radius 2 is 0.545 bits per heavy atom. The van der Waals surface area contributed by atoms with Crippen molar-refractivity contribution in [1.29, 1.82) is 0 Å². The van der Waals surface area contributed by atoms with Crippen molar-refractivity contribution >= 4 is 55.7 Å². The lowest BCUT2D eigenvalue weighted by Gasteiger charge is -2.28. The van der Waals surface area contributed by atoms with Crippen molar-refractivity contribution in [2.75, 3.05) is 9.80 Å². The number of para-hydroxylation sites is 4. The molecule has 0 radical (unpaired) electrons. The Morgan fingerprint density at radius 3 is 1.00 bits per heavy atom. The molecule has 406 valence electrons. The smallest absolute Gasteiger partial charge is 0.0468 e. The fourth-order valence-corrected chi connectivity index (χ4v) is 12.1. The highest BCUT2D eigenvalue weighted by Crippen LogP contribution is 2.50. The van der Waals surface area contributed by atoms with Gasteiger partial charge >= 0.3 is 0 Å². The molecule has 88 heavy (non-hydrogen) atoms. The Hall–Kier alpha value is -12.7. The number of rotatable bonds is 12. The molecular weight excluding hydrogens is 1060 g/mol. The van der Waals surface area contributed by atoms with Crippen LogP contribution in [-0.2, 0) is 0 Å². The standard InChI is InChI=1S/C86H52N2/c1-7-59-38-41-66(50-62(59)10-4)67-44-47-79(68-42-39-60(8-2)63(11-5)51-68)82(56-67)71-53-70(65-28-18-13-19-29-65)54-72(55-71)86-81-49-46-77(87(73-30-20-14-21-31-73)74-32-22-15-23-33-74)57-83(81)85(69-43-40-61(9-3)64(12-6)52-69)80-48-45-78(58-84(80)86)88(75-34-24-16-25-35-75)76-36-26-17-27-37-76/h1-6,13-58H. The maximum atomic E-state index is 6.33. The van der Waals surface area contributed by atoms with E-state index in [9.17, 15) is 0 Å². The second kappa shape index (κ2) is 23.9. The first-order valence-electron chi connectivity index (χ1n) is 28.8. The maximum Gasteiger partial charge on any atom is 0.0468 e. The normalized spacial score (nSPS) is 10.7. The summed E-state index contributed by atoms with van der Waals surface area (Å²) in [5, 5.41) is 4.05. The van der Waals surface area contributed by atoms with E-state index in [4.69, 9.17) is 38.5 Å². The average Bonchev–Trinajstić information content (AvgIpc) is 0.927. The van der Waals surface area contributed by atoms with Gasteiger partial charge in [-0.2, -0.15) is 0 Å². The van der Waals surface area contributed by atoms with Crippen LogP contribution < -0.4 is 9.80 Å². The first kappa shape index (κ1) is 54.6. The number of benzene rings is 13. The van der Waals surface area contributed by atoms with E-state index in [1.807, 2.05) is 60.7 Å². The SMILES string of the molecule is C#Cc1ccc(-c2ccc(-c3ccc(C#C)c(C#C)c3)c(-c3cc(-c4ccccc4)cc(-c4c5ccc(N(c6ccccc6)c6ccccc6)cc5c(-c5ccc(C#C)c(C#C)c5)c5ccc(N(c6ccccc6)c6ccccc6)cc45)c3)c2)cc1C#C. The Kier molecular flexibility index (Phi) is 14.8. The molecule has 0 heterocycles. The minimum absolute atomic E-state index is 0.631. The van der Waals surface area contributed by atoms with Crippen LogP contribution in [0.2, 0.25) is 0 Å². The van der Waals surface area contributed by atoms with E-state index in [0.29, 0.717) is 33.4 Å². The Balaban J connectivity index is 1.18. The first-order valence-corrected chi connectivity index (χ1v) is 28.8. The van der Waals surface area contributed by atoms with Gasteiger partial charge in [-0.05, 0) is 222 Å². The van der Waals surface area contributed by atoms with Crippen LogP contribution in [0.15, 0.2) is 279 Å². The zero-order valence-electron chi connectivity index (χ0n) is 47.9. The van der Waals surface area contributed by atoms with Crippen molar-refractivity contribution in [3.63, 3.8) is 0 Å². The summed E-state index contributed by atoms with van der Waals surface area (Å²) in [7, 11) is 0. The molecule has 0 spiro atoms. The molecule has 0 bridgehead atoms. The van der Waals surface area contributed by atoms with Gasteiger partial charge in [0.1, 0.15) is 0 Å². The third-order valence-electron chi connectivity index (χ3n) is 16.2. The second-order valence-corrected chi connectivity index (χ2v) is 21.3. The summed E-state index contributed by atoms with van der Waals surface area (Å²) in [6, 6.07) is 97.7. The maximum absolute atomic E-state index is 6.33. The zero-order chi connectivity index (χ0) is 60.1. The van der Waals surface area contributed by atoms with Crippen molar-refractivity contribution in [3.05, 3.63) is 312 Å². The van der Waals surface area contributed by atoms with E-state index < -0.39 is 0 Å². The van der Waals surface area contributed by atoms with Gasteiger partial charge in [0.05, 0.1) is 0 Å². The third-order valence-corrected chi connectivity index (χ3v) is 16.2. The number of nitrogens with zero attached hydrogens (tertiary/aromatic N) is 2. The molecule has 13 aromatic rings. The molecule has 0 aliphatic rings. The summed E-state index contributed by atoms with van der Waals surface area (Å²) in [5.74, 6) is 17.0. The largest absolute Gasteiger partial charge is 0.310 e. The van der Waals surface area contributed by atoms with Gasteiger partial charge in [0.2, 0.25) is 0 Å². The van der Waals surface area contributed by atoms with Gasteiger partial charge in [0.25, 0.3) is 0 Å². The summed E-state index contributed by atoms with van der Waals surface area (Å²) in [6.07, 6.45) is 36.7. The van der Waals surface area contributed by atoms with Crippen molar-refractivity contribution < 1.29 is 0 Å². The Labute approximate surface area is 515 Å². The highest BCUT2D eigenvalue weighted by Gasteiger charge is 2.24. The van der Waals surface area contributed by atoms with Crippen molar-refractivity contribution in [2.45, 2.75) is 0 Å². The molecule has 0 aliphatic carbocycles. The summed E-state index contributed by atoms with van der Waals surface area (Å²) >= 11 is 0. The highest BCUT2D eigenvalue weighted by molar-refractivity contribution is 6.23. The predicted molar refractivity (Wildman–Crippen MR) is 371 cm³/mol. The quantitative estimate of drug-likeness (QED) is 0.0889. The molecular formula is C86H52N2. The van der Waals surface area contributed by atoms with Crippen LogP contribution in [-0.4, -0.2) is 0 Å². The molecule has 13 rings (SSSR count). The molecule has 2 nitrogen and oxygen atoms in total. The fraction of sp³-hybridized carbons (Fsp3) is 0. The molecule has 0 saturated carbocycles. The van der Waals surface area contributed by atoms with Crippen molar-refractivity contribution in [2.24, 2.45) is 0 Å². The molecule has 2 heteroatoms. The second-order valence-electron chi connectivity index (χ2n) is 21.3. The number of fused-ring (bicyclic) bond motifs is 2. The minimum Gasteiger partial charge on any atom is -0.310 e. The van der Waals surface area contributed by atoms with E-state index in [1.54, 1.807) is 0 Å². The Morgan fingerprint density at radius 1 is 0.193 bits per heavy atom. The third kappa shape index (κ3) is 10.3. The van der Waals surface area contributed by atoms with Crippen molar-refractivity contribution in [1.82, 2.24) is 0 Å². The van der Waals surface area contributed by atoms with Crippen LogP contribution in [0.25, 0.3) is 88.3 Å². The number of hydrogen-bond donors (Lipinski definition) is 0. The summed E-state index contributed by atoms with van der Waals surface area (Å²) in [6.45, 7) is 0. The lowest BCUT2D eigenvalue weighted by atomic mass is 9.82. The predicted octanol–water partition coefficient (Wildman–Crippen LogP) is 20.8. The lowest BCUT2D eigenvalue weighted by molar-refractivity contribution is 1.29. The molecule has 0 atom stereocenters. The topological polar surface area (TPSA) is 6.48 Å². The monoisotopic (exact) mass is 1110 g/mol. The molecule has 0 saturated heterocycles. The van der Waals surface area contributed by atoms with Gasteiger partial charge in [0, 0.05) is 67.5 Å². The van der Waals surface area contributed by atoms with Gasteiger partial charge in [-0.1, -0.05) is 181 Å².